The quantitative estimate of drug-likeness (QED) is 0.757. The molecule has 0 fully saturated rings. The summed E-state index contributed by atoms with van der Waals surface area (Å²) in [5, 5.41) is 0. The molecule has 0 bridgehead atoms. The minimum absolute atomic E-state index is 0.123. The van der Waals surface area contributed by atoms with Gasteiger partial charge in [0, 0.05) is 6.04 Å². The number of aromatic nitrogens is 4. The van der Waals surface area contributed by atoms with Crippen LogP contribution in [0.1, 0.15) is 26.3 Å². The molecule has 0 amide bonds. The molecular formula is C9H13N5O. The number of hydrogen-bond acceptors (Lipinski definition) is 4. The molecule has 1 atom stereocenters. The van der Waals surface area contributed by atoms with Crippen molar-refractivity contribution in [3.8, 4) is 0 Å². The summed E-state index contributed by atoms with van der Waals surface area (Å²) >= 11 is 0. The van der Waals surface area contributed by atoms with Crippen molar-refractivity contribution in [3.05, 3.63) is 16.7 Å². The van der Waals surface area contributed by atoms with Crippen LogP contribution < -0.4 is 11.3 Å². The van der Waals surface area contributed by atoms with Gasteiger partial charge in [-0.25, -0.2) is 4.98 Å². The van der Waals surface area contributed by atoms with E-state index in [2.05, 4.69) is 21.9 Å². The summed E-state index contributed by atoms with van der Waals surface area (Å²) in [7, 11) is 0. The molecule has 0 radical (unpaired) electrons. The van der Waals surface area contributed by atoms with Crippen LogP contribution in [0, 0.1) is 0 Å². The molecule has 0 aliphatic heterocycles. The lowest BCUT2D eigenvalue weighted by Gasteiger charge is -2.10. The molecule has 2 heterocycles. The number of nitrogens with one attached hydrogen (secondary N) is 1. The summed E-state index contributed by atoms with van der Waals surface area (Å²) in [6.45, 7) is 4.10. The fraction of sp³-hybridized carbons (Fsp3) is 0.444. The van der Waals surface area contributed by atoms with Crippen molar-refractivity contribution in [2.75, 3.05) is 5.73 Å². The van der Waals surface area contributed by atoms with Crippen LogP contribution in [0.2, 0.25) is 0 Å². The van der Waals surface area contributed by atoms with Crippen molar-refractivity contribution in [1.29, 1.82) is 0 Å². The largest absolute Gasteiger partial charge is 0.369 e. The molecule has 0 spiro atoms. The Labute approximate surface area is 86.2 Å². The van der Waals surface area contributed by atoms with Gasteiger partial charge in [-0.3, -0.25) is 9.78 Å². The Balaban J connectivity index is 2.74. The highest BCUT2D eigenvalue weighted by atomic mass is 16.1. The second-order valence-electron chi connectivity index (χ2n) is 3.53. The number of H-pyrrole nitrogens is 1. The van der Waals surface area contributed by atoms with Crippen LogP contribution in [0.3, 0.4) is 0 Å². The van der Waals surface area contributed by atoms with Crippen LogP contribution >= 0.6 is 0 Å². The summed E-state index contributed by atoms with van der Waals surface area (Å²) in [6, 6.07) is 0.253. The van der Waals surface area contributed by atoms with Gasteiger partial charge >= 0.3 is 0 Å². The topological polar surface area (TPSA) is 89.6 Å². The second kappa shape index (κ2) is 3.38. The second-order valence-corrected chi connectivity index (χ2v) is 3.53. The predicted octanol–water partition coefficient (Wildman–Crippen LogP) is 0.673. The van der Waals surface area contributed by atoms with Gasteiger partial charge in [0.05, 0.1) is 6.33 Å². The van der Waals surface area contributed by atoms with Crippen LogP contribution in [0.25, 0.3) is 11.2 Å². The van der Waals surface area contributed by atoms with Crippen molar-refractivity contribution in [1.82, 2.24) is 19.5 Å². The molecule has 0 aliphatic carbocycles. The molecule has 0 saturated carbocycles. The van der Waals surface area contributed by atoms with E-state index in [0.717, 1.165) is 6.42 Å². The van der Waals surface area contributed by atoms with E-state index in [4.69, 9.17) is 5.73 Å². The lowest BCUT2D eigenvalue weighted by atomic mass is 10.2. The van der Waals surface area contributed by atoms with Gasteiger partial charge < -0.3 is 10.3 Å². The predicted molar refractivity (Wildman–Crippen MR) is 57.6 cm³/mol. The molecular weight excluding hydrogens is 194 g/mol. The summed E-state index contributed by atoms with van der Waals surface area (Å²) in [4.78, 5) is 22.0. The van der Waals surface area contributed by atoms with E-state index in [1.807, 2.05) is 11.5 Å². The highest BCUT2D eigenvalue weighted by molar-refractivity contribution is 5.70. The number of nitrogen functional groups attached to an aromatic ring is 1. The van der Waals surface area contributed by atoms with Crippen molar-refractivity contribution < 1.29 is 0 Å². The maximum atomic E-state index is 11.5. The zero-order chi connectivity index (χ0) is 11.0. The van der Waals surface area contributed by atoms with E-state index in [9.17, 15) is 4.79 Å². The molecule has 6 nitrogen and oxygen atoms in total. The zero-order valence-electron chi connectivity index (χ0n) is 8.69. The van der Waals surface area contributed by atoms with Gasteiger partial charge in [-0.15, -0.1) is 0 Å². The number of hydrogen-bond donors (Lipinski definition) is 2. The Kier molecular flexibility index (Phi) is 2.18. The first-order valence-corrected chi connectivity index (χ1v) is 4.85. The number of nitrogens with zero attached hydrogens (tertiary/aromatic N) is 3. The number of imidazole rings is 1. The summed E-state index contributed by atoms with van der Waals surface area (Å²) in [6.07, 6.45) is 2.57. The third-order valence-electron chi connectivity index (χ3n) is 2.52. The first-order chi connectivity index (χ1) is 7.13. The number of anilines is 1. The lowest BCUT2D eigenvalue weighted by molar-refractivity contribution is 0.541. The SMILES string of the molecule is CC[C@@H](C)n1cnc2c(=O)[nH]c(N)nc21. The molecule has 2 aromatic rings. The normalized spacial score (nSPS) is 13.2. The molecule has 0 unspecified atom stereocenters. The van der Waals surface area contributed by atoms with Crippen molar-refractivity contribution in [2.24, 2.45) is 0 Å². The van der Waals surface area contributed by atoms with Crippen molar-refractivity contribution in [3.63, 3.8) is 0 Å². The molecule has 2 rings (SSSR count). The van der Waals surface area contributed by atoms with E-state index in [1.54, 1.807) is 6.33 Å². The van der Waals surface area contributed by atoms with Crippen LogP contribution in [-0.4, -0.2) is 19.5 Å². The maximum absolute atomic E-state index is 11.5. The Hall–Kier alpha value is -1.85. The maximum Gasteiger partial charge on any atom is 0.280 e. The average Bonchev–Trinajstić information content (AvgIpc) is 2.60. The highest BCUT2D eigenvalue weighted by Gasteiger charge is 2.11. The van der Waals surface area contributed by atoms with E-state index >= 15 is 0 Å². The van der Waals surface area contributed by atoms with Crippen LogP contribution in [0.15, 0.2) is 11.1 Å². The van der Waals surface area contributed by atoms with Gasteiger partial charge in [0.15, 0.2) is 11.2 Å². The molecule has 15 heavy (non-hydrogen) atoms. The molecule has 3 N–H and O–H groups in total. The molecule has 80 valence electrons. The number of rotatable bonds is 2. The monoisotopic (exact) mass is 207 g/mol. The third-order valence-corrected chi connectivity index (χ3v) is 2.52. The highest BCUT2D eigenvalue weighted by Crippen LogP contribution is 2.15. The van der Waals surface area contributed by atoms with Gasteiger partial charge in [0.2, 0.25) is 5.95 Å². The Morgan fingerprint density at radius 1 is 1.67 bits per heavy atom. The minimum Gasteiger partial charge on any atom is -0.369 e. The van der Waals surface area contributed by atoms with Crippen LogP contribution in [0.5, 0.6) is 0 Å². The Bertz CT molecular complexity index is 541. The lowest BCUT2D eigenvalue weighted by Crippen LogP contribution is -2.13. The van der Waals surface area contributed by atoms with E-state index in [0.29, 0.717) is 11.2 Å². The van der Waals surface area contributed by atoms with Gasteiger partial charge in [-0.2, -0.15) is 4.98 Å². The van der Waals surface area contributed by atoms with Gasteiger partial charge in [-0.05, 0) is 13.3 Å². The van der Waals surface area contributed by atoms with Gasteiger partial charge in [-0.1, -0.05) is 6.92 Å². The molecule has 6 heteroatoms. The molecule has 0 aromatic carbocycles. The summed E-state index contributed by atoms with van der Waals surface area (Å²) in [5.41, 5.74) is 6.08. The number of fused-ring (bicyclic) bond motifs is 1. The first-order valence-electron chi connectivity index (χ1n) is 4.85. The average molecular weight is 207 g/mol. The van der Waals surface area contributed by atoms with E-state index < -0.39 is 0 Å². The minimum atomic E-state index is -0.292. The van der Waals surface area contributed by atoms with Gasteiger partial charge in [0.1, 0.15) is 0 Å². The zero-order valence-corrected chi connectivity index (χ0v) is 8.69. The fourth-order valence-electron chi connectivity index (χ4n) is 1.46. The fourth-order valence-corrected chi connectivity index (χ4v) is 1.46. The summed E-state index contributed by atoms with van der Waals surface area (Å²) in [5.74, 6) is 0.123. The smallest absolute Gasteiger partial charge is 0.280 e. The third kappa shape index (κ3) is 1.47. The summed E-state index contributed by atoms with van der Waals surface area (Å²) < 4.78 is 1.86. The Morgan fingerprint density at radius 2 is 2.40 bits per heavy atom. The molecule has 2 aromatic heterocycles. The Morgan fingerprint density at radius 3 is 3.07 bits per heavy atom. The number of nitrogens with two attached hydrogens (primary N) is 1. The van der Waals surface area contributed by atoms with Crippen LogP contribution in [-0.2, 0) is 0 Å². The molecule has 0 aliphatic rings. The van der Waals surface area contributed by atoms with Gasteiger partial charge in [0.25, 0.3) is 5.56 Å². The van der Waals surface area contributed by atoms with E-state index in [-0.39, 0.29) is 17.5 Å². The molecule has 0 saturated heterocycles. The van der Waals surface area contributed by atoms with Crippen molar-refractivity contribution in [2.45, 2.75) is 26.3 Å². The van der Waals surface area contributed by atoms with E-state index in [1.165, 1.54) is 0 Å². The number of aromatic amines is 1. The van der Waals surface area contributed by atoms with Crippen molar-refractivity contribution >= 4 is 17.1 Å². The first kappa shape index (κ1) is 9.70. The standard InChI is InChI=1S/C9H13N5O/c1-3-5(2)14-4-11-6-7(14)12-9(10)13-8(6)15/h4-5H,3H2,1-2H3,(H3,10,12,13,15)/t5-/m1/s1. The van der Waals surface area contributed by atoms with Crippen LogP contribution in [0.4, 0.5) is 5.95 Å².